The van der Waals surface area contributed by atoms with Crippen molar-refractivity contribution in [2.75, 3.05) is 42.7 Å². The third kappa shape index (κ3) is 10.0. The molecule has 0 saturated carbocycles. The van der Waals surface area contributed by atoms with Crippen LogP contribution in [0.3, 0.4) is 0 Å². The van der Waals surface area contributed by atoms with Crippen LogP contribution in [0.4, 0.5) is 0 Å². The lowest BCUT2D eigenvalue weighted by Crippen LogP contribution is -2.18. The third-order valence-corrected chi connectivity index (χ3v) is 12.6. The maximum Gasteiger partial charge on any atom is 0.174 e. The average Bonchev–Trinajstić information content (AvgIpc) is 4.23. The largest absolute Gasteiger partial charge is 0.495 e. The number of imidazole rings is 2. The van der Waals surface area contributed by atoms with Crippen molar-refractivity contribution in [3.8, 4) is 45.9 Å². The second-order valence-corrected chi connectivity index (χ2v) is 17.1. The van der Waals surface area contributed by atoms with E-state index in [2.05, 4.69) is 22.1 Å². The Morgan fingerprint density at radius 2 is 0.886 bits per heavy atom. The van der Waals surface area contributed by atoms with Gasteiger partial charge in [-0.25, -0.2) is 29.3 Å². The molecule has 16 nitrogen and oxygen atoms in total. The van der Waals surface area contributed by atoms with Crippen LogP contribution >= 0.6 is 0 Å². The topological polar surface area (TPSA) is 152 Å². The van der Waals surface area contributed by atoms with Gasteiger partial charge in [0.2, 0.25) is 0 Å². The predicted molar refractivity (Wildman–Crippen MR) is 269 cm³/mol. The molecular formula is C54H58N10O6. The number of ether oxygens (including phenoxy) is 6. The van der Waals surface area contributed by atoms with Gasteiger partial charge >= 0.3 is 0 Å². The van der Waals surface area contributed by atoms with Crippen LogP contribution in [0.1, 0.15) is 94.5 Å². The van der Waals surface area contributed by atoms with Gasteiger partial charge in [-0.15, -0.1) is 0 Å². The monoisotopic (exact) mass is 942 g/mol. The Bertz CT molecular complexity index is 2950. The molecule has 360 valence electrons. The van der Waals surface area contributed by atoms with Crippen LogP contribution in [-0.4, -0.2) is 91.3 Å². The first-order valence-corrected chi connectivity index (χ1v) is 23.3. The second kappa shape index (κ2) is 21.0. The zero-order valence-corrected chi connectivity index (χ0v) is 40.9. The van der Waals surface area contributed by atoms with Crippen molar-refractivity contribution in [3.63, 3.8) is 0 Å². The average molecular weight is 943 g/mol. The predicted octanol–water partition coefficient (Wildman–Crippen LogP) is 9.79. The highest BCUT2D eigenvalue weighted by molar-refractivity contribution is 5.70. The number of aryl methyl sites for hydroxylation is 4. The summed E-state index contributed by atoms with van der Waals surface area (Å²) in [5.41, 5.74) is 8.12. The van der Waals surface area contributed by atoms with E-state index in [9.17, 15) is 0 Å². The fourth-order valence-corrected chi connectivity index (χ4v) is 9.12. The SMILES string of the molecule is COc1ccc([C@@H]2CCCn3nc(/C=C/c4ccc(-n5cnc(C)c5)c(OC)c4)nc32)cc1OC.COc1ccc([C@H]2CCCn3nc(/C=C/c4ccc(-n5cnc(C)c5)c(OC)c4)nc32)cc1OC. The summed E-state index contributed by atoms with van der Waals surface area (Å²) in [5, 5.41) is 9.50. The van der Waals surface area contributed by atoms with Gasteiger partial charge in [-0.3, -0.25) is 0 Å². The van der Waals surface area contributed by atoms with Crippen molar-refractivity contribution in [1.82, 2.24) is 48.6 Å². The number of aromatic nitrogens is 10. The fraction of sp³-hybridized carbons (Fsp3) is 0.296. The summed E-state index contributed by atoms with van der Waals surface area (Å²) >= 11 is 0. The molecule has 2 aliphatic heterocycles. The first-order valence-electron chi connectivity index (χ1n) is 23.3. The molecule has 0 radical (unpaired) electrons. The summed E-state index contributed by atoms with van der Waals surface area (Å²) in [6.45, 7) is 5.67. The van der Waals surface area contributed by atoms with E-state index in [4.69, 9.17) is 48.6 Å². The number of nitrogens with zero attached hydrogens (tertiary/aromatic N) is 10. The number of rotatable bonds is 14. The van der Waals surface area contributed by atoms with Gasteiger partial charge < -0.3 is 37.6 Å². The minimum Gasteiger partial charge on any atom is -0.495 e. The number of fused-ring (bicyclic) bond motifs is 2. The highest BCUT2D eigenvalue weighted by atomic mass is 16.5. The summed E-state index contributed by atoms with van der Waals surface area (Å²) in [6, 6.07) is 24.3. The van der Waals surface area contributed by atoms with Crippen molar-refractivity contribution >= 4 is 24.3 Å². The molecule has 4 aromatic heterocycles. The van der Waals surface area contributed by atoms with E-state index in [0.29, 0.717) is 11.6 Å². The van der Waals surface area contributed by atoms with Crippen molar-refractivity contribution in [2.24, 2.45) is 0 Å². The lowest BCUT2D eigenvalue weighted by Gasteiger charge is -2.23. The lowest BCUT2D eigenvalue weighted by molar-refractivity contribution is 0.353. The third-order valence-electron chi connectivity index (χ3n) is 12.6. The van der Waals surface area contributed by atoms with Crippen LogP contribution in [0, 0.1) is 13.8 Å². The van der Waals surface area contributed by atoms with Crippen LogP contribution in [-0.2, 0) is 13.1 Å². The van der Waals surface area contributed by atoms with E-state index in [0.717, 1.165) is 130 Å². The van der Waals surface area contributed by atoms with Crippen LogP contribution in [0.2, 0.25) is 0 Å². The summed E-state index contributed by atoms with van der Waals surface area (Å²) < 4.78 is 41.0. The Hall–Kier alpha value is -8.14. The van der Waals surface area contributed by atoms with E-state index in [-0.39, 0.29) is 11.8 Å². The zero-order valence-electron chi connectivity index (χ0n) is 40.9. The maximum atomic E-state index is 5.63. The van der Waals surface area contributed by atoms with Gasteiger partial charge in [0.25, 0.3) is 0 Å². The van der Waals surface area contributed by atoms with Gasteiger partial charge in [0.1, 0.15) is 23.1 Å². The van der Waals surface area contributed by atoms with Gasteiger partial charge in [0.05, 0.1) is 78.1 Å². The lowest BCUT2D eigenvalue weighted by atomic mass is 9.91. The molecule has 0 aliphatic carbocycles. The van der Waals surface area contributed by atoms with E-state index >= 15 is 0 Å². The van der Waals surface area contributed by atoms with Gasteiger partial charge in [-0.2, -0.15) is 10.2 Å². The summed E-state index contributed by atoms with van der Waals surface area (Å²) in [7, 11) is 9.97. The highest BCUT2D eigenvalue weighted by Crippen LogP contribution is 2.39. The van der Waals surface area contributed by atoms with Crippen molar-refractivity contribution in [2.45, 2.75) is 64.5 Å². The van der Waals surface area contributed by atoms with E-state index in [1.165, 1.54) is 0 Å². The molecule has 2 atom stereocenters. The molecule has 16 heteroatoms. The number of hydrogen-bond acceptors (Lipinski definition) is 12. The normalized spacial score (nSPS) is 15.3. The van der Waals surface area contributed by atoms with E-state index in [1.54, 1.807) is 55.3 Å². The molecule has 0 bridgehead atoms. The quantitative estimate of drug-likeness (QED) is 0.102. The number of benzene rings is 4. The number of hydrogen-bond donors (Lipinski definition) is 0. The van der Waals surface area contributed by atoms with Gasteiger partial charge in [-0.1, -0.05) is 36.4 Å². The highest BCUT2D eigenvalue weighted by Gasteiger charge is 2.28. The minimum atomic E-state index is 0.163. The number of methoxy groups -OCH3 is 6. The molecule has 0 fully saturated rings. The first-order chi connectivity index (χ1) is 34.2. The second-order valence-electron chi connectivity index (χ2n) is 17.1. The Morgan fingerprint density at radius 3 is 1.26 bits per heavy atom. The fourth-order valence-electron chi connectivity index (χ4n) is 9.12. The zero-order chi connectivity index (χ0) is 48.7. The Labute approximate surface area is 407 Å². The molecule has 10 rings (SSSR count). The summed E-state index contributed by atoms with van der Waals surface area (Å²) in [5.74, 6) is 8.12. The molecular weight excluding hydrogens is 885 g/mol. The molecule has 0 spiro atoms. The van der Waals surface area contributed by atoms with E-state index in [1.807, 2.05) is 130 Å². The summed E-state index contributed by atoms with van der Waals surface area (Å²) in [6.07, 6.45) is 19.6. The van der Waals surface area contributed by atoms with E-state index < -0.39 is 0 Å². The molecule has 6 heterocycles. The van der Waals surface area contributed by atoms with Crippen molar-refractivity contribution in [3.05, 3.63) is 155 Å². The molecule has 2 aliphatic rings. The van der Waals surface area contributed by atoms with Crippen LogP contribution in [0.5, 0.6) is 34.5 Å². The smallest absolute Gasteiger partial charge is 0.174 e. The molecule has 0 unspecified atom stereocenters. The van der Waals surface area contributed by atoms with Crippen LogP contribution < -0.4 is 28.4 Å². The molecule has 4 aromatic carbocycles. The molecule has 0 N–H and O–H groups in total. The Kier molecular flexibility index (Phi) is 14.1. The molecule has 70 heavy (non-hydrogen) atoms. The Morgan fingerprint density at radius 1 is 0.471 bits per heavy atom. The summed E-state index contributed by atoms with van der Waals surface area (Å²) in [4.78, 5) is 18.4. The first kappa shape index (κ1) is 46.9. The molecule has 0 saturated heterocycles. The van der Waals surface area contributed by atoms with Gasteiger partial charge in [0.15, 0.2) is 34.6 Å². The van der Waals surface area contributed by atoms with Crippen molar-refractivity contribution in [1.29, 1.82) is 0 Å². The van der Waals surface area contributed by atoms with Gasteiger partial charge in [0, 0.05) is 37.3 Å². The van der Waals surface area contributed by atoms with Crippen molar-refractivity contribution < 1.29 is 28.4 Å². The van der Waals surface area contributed by atoms with Gasteiger partial charge in [-0.05, 0) is 122 Å². The minimum absolute atomic E-state index is 0.163. The van der Waals surface area contributed by atoms with Crippen LogP contribution in [0.15, 0.2) is 97.8 Å². The van der Waals surface area contributed by atoms with Crippen LogP contribution in [0.25, 0.3) is 35.7 Å². The standard InChI is InChI=1S/2C27H29N5O3/c2*1-18-16-31(17-28-18)22-10-7-19(14-24(22)34-3)8-12-26-29-27-21(6-5-13-32(27)30-26)20-9-11-23(33-2)25(15-20)35-4/h2*7-12,14-17,21H,5-6,13H2,1-4H3/b2*12-8+/t2*21-/m10/s1. The molecule has 8 aromatic rings. The molecule has 0 amide bonds. The Balaban J connectivity index is 0.000000174. The maximum absolute atomic E-state index is 5.63.